The third-order valence-corrected chi connectivity index (χ3v) is 6.33. The van der Waals surface area contributed by atoms with Gasteiger partial charge in [0, 0.05) is 29.0 Å². The Hall–Kier alpha value is -4.14. The number of hydrogen-bond acceptors (Lipinski definition) is 9. The van der Waals surface area contributed by atoms with Crippen molar-refractivity contribution < 1.29 is 42.4 Å². The largest absolute Gasteiger partial charge is 0.493 e. The third-order valence-electron chi connectivity index (χ3n) is 6.33. The van der Waals surface area contributed by atoms with Crippen LogP contribution in [0.25, 0.3) is 11.3 Å². The number of amides is 1. The molecule has 11 nitrogen and oxygen atoms in total. The highest BCUT2D eigenvalue weighted by Crippen LogP contribution is 2.46. The van der Waals surface area contributed by atoms with E-state index in [1.807, 2.05) is 0 Å². The number of aliphatic hydroxyl groups is 2. The van der Waals surface area contributed by atoms with E-state index in [2.05, 4.69) is 15.3 Å². The topological polar surface area (TPSA) is 169 Å². The molecule has 1 aliphatic rings. The quantitative estimate of drug-likeness (QED) is 0.259. The smallest absolute Gasteiger partial charge is 0.424 e. The van der Waals surface area contributed by atoms with Crippen molar-refractivity contribution in [3.63, 3.8) is 0 Å². The Balaban J connectivity index is 1.72. The van der Waals surface area contributed by atoms with E-state index in [-0.39, 0.29) is 59.5 Å². The molecule has 214 valence electrons. The highest BCUT2D eigenvalue weighted by atomic mass is 19.4. The zero-order valence-corrected chi connectivity index (χ0v) is 21.5. The number of pyridine rings is 2. The van der Waals surface area contributed by atoms with E-state index < -0.39 is 41.0 Å². The Kier molecular flexibility index (Phi) is 7.78. The summed E-state index contributed by atoms with van der Waals surface area (Å²) >= 11 is 0. The number of fused-ring (bicyclic) bond motifs is 1. The zero-order valence-electron chi connectivity index (χ0n) is 21.5. The van der Waals surface area contributed by atoms with Crippen molar-refractivity contribution in [3.8, 4) is 28.5 Å². The van der Waals surface area contributed by atoms with E-state index in [0.717, 1.165) is 12.1 Å². The molecule has 0 saturated carbocycles. The summed E-state index contributed by atoms with van der Waals surface area (Å²) in [5.74, 6) is -0.502. The first-order chi connectivity index (χ1) is 18.8. The van der Waals surface area contributed by atoms with Crippen molar-refractivity contribution in [2.24, 2.45) is 5.73 Å². The van der Waals surface area contributed by atoms with Gasteiger partial charge in [-0.25, -0.2) is 4.98 Å². The number of nitrogens with zero attached hydrogens (tertiary/aromatic N) is 1. The molecular weight excluding hydrogens is 537 g/mol. The zero-order chi connectivity index (χ0) is 29.3. The molecule has 0 spiro atoms. The monoisotopic (exact) mass is 564 g/mol. The fourth-order valence-electron chi connectivity index (χ4n) is 4.10. The van der Waals surface area contributed by atoms with Gasteiger partial charge in [-0.3, -0.25) is 9.59 Å². The number of nitrogens with one attached hydrogen (secondary N) is 2. The number of halogens is 3. The van der Waals surface area contributed by atoms with Crippen LogP contribution in [-0.4, -0.2) is 65.7 Å². The molecule has 1 amide bonds. The maximum atomic E-state index is 14.5. The van der Waals surface area contributed by atoms with Gasteiger partial charge >= 0.3 is 6.18 Å². The summed E-state index contributed by atoms with van der Waals surface area (Å²) in [7, 11) is 1.31. The standard InChI is InChI=1S/C26H27F3N4O7/c1-24(30)13-40-22-16(24)10-19(33-21(22)15-4-6-20(35)31-11-15)25(37,26(27,28)29)12-32-23(36)14-3-5-17(39-8-7-34)18(9-14)38-2/h3-6,9-11,34,37H,7-8,12-13,30H2,1-2H3,(H,31,35)(H,32,36). The average Bonchev–Trinajstić information content (AvgIpc) is 3.23. The maximum Gasteiger partial charge on any atom is 0.424 e. The predicted octanol–water partition coefficient (Wildman–Crippen LogP) is 1.56. The average molecular weight is 565 g/mol. The van der Waals surface area contributed by atoms with Crippen LogP contribution in [-0.2, 0) is 11.1 Å². The summed E-state index contributed by atoms with van der Waals surface area (Å²) in [6.45, 7) is -0.112. The van der Waals surface area contributed by atoms with Crippen LogP contribution in [0.5, 0.6) is 17.2 Å². The number of benzene rings is 1. The predicted molar refractivity (Wildman–Crippen MR) is 135 cm³/mol. The van der Waals surface area contributed by atoms with Crippen molar-refractivity contribution >= 4 is 5.91 Å². The lowest BCUT2D eigenvalue weighted by atomic mass is 9.89. The van der Waals surface area contributed by atoms with Crippen molar-refractivity contribution in [2.75, 3.05) is 33.5 Å². The molecule has 2 atom stereocenters. The normalized spacial score (nSPS) is 17.9. The van der Waals surface area contributed by atoms with E-state index in [1.54, 1.807) is 6.92 Å². The molecule has 0 fully saturated rings. The minimum absolute atomic E-state index is 0.0395. The number of aromatic nitrogens is 2. The van der Waals surface area contributed by atoms with Crippen molar-refractivity contribution in [1.29, 1.82) is 0 Å². The van der Waals surface area contributed by atoms with Gasteiger partial charge in [-0.15, -0.1) is 0 Å². The van der Waals surface area contributed by atoms with Gasteiger partial charge in [0.25, 0.3) is 5.91 Å². The molecule has 2 unspecified atom stereocenters. The molecule has 1 aromatic carbocycles. The lowest BCUT2D eigenvalue weighted by Gasteiger charge is -2.31. The lowest BCUT2D eigenvalue weighted by molar-refractivity contribution is -0.265. The molecule has 2 aromatic heterocycles. The Bertz CT molecular complexity index is 1460. The number of carbonyl (C=O) groups is 1. The summed E-state index contributed by atoms with van der Waals surface area (Å²) in [6.07, 6.45) is -4.03. The summed E-state index contributed by atoms with van der Waals surface area (Å²) in [4.78, 5) is 30.9. The van der Waals surface area contributed by atoms with Crippen LogP contribution in [0.2, 0.25) is 0 Å². The van der Waals surface area contributed by atoms with Gasteiger partial charge < -0.3 is 40.5 Å². The summed E-state index contributed by atoms with van der Waals surface area (Å²) in [5.41, 5.74) is 0.389. The lowest BCUT2D eigenvalue weighted by Crippen LogP contribution is -2.51. The molecule has 0 aliphatic carbocycles. The number of hydrogen-bond donors (Lipinski definition) is 5. The van der Waals surface area contributed by atoms with Gasteiger partial charge in [-0.2, -0.15) is 13.2 Å². The fraction of sp³-hybridized carbons (Fsp3) is 0.346. The van der Waals surface area contributed by atoms with Crippen molar-refractivity contribution in [2.45, 2.75) is 24.2 Å². The number of nitrogens with two attached hydrogens (primary N) is 1. The van der Waals surface area contributed by atoms with Crippen LogP contribution in [0.15, 0.2) is 47.4 Å². The molecule has 1 aliphatic heterocycles. The van der Waals surface area contributed by atoms with Crippen LogP contribution in [0, 0.1) is 0 Å². The van der Waals surface area contributed by atoms with E-state index in [4.69, 9.17) is 25.1 Å². The first-order valence-electron chi connectivity index (χ1n) is 12.0. The Morgan fingerprint density at radius 3 is 2.62 bits per heavy atom. The van der Waals surface area contributed by atoms with Gasteiger partial charge in [0.05, 0.1) is 31.5 Å². The number of alkyl halides is 3. The van der Waals surface area contributed by atoms with Crippen molar-refractivity contribution in [1.82, 2.24) is 15.3 Å². The number of H-pyrrole nitrogens is 1. The van der Waals surface area contributed by atoms with Crippen LogP contribution < -0.4 is 30.8 Å². The first kappa shape index (κ1) is 28.9. The van der Waals surface area contributed by atoms with Crippen LogP contribution in [0.4, 0.5) is 13.2 Å². The second kappa shape index (κ2) is 10.8. The van der Waals surface area contributed by atoms with Gasteiger partial charge in [0.2, 0.25) is 11.2 Å². The fourth-order valence-corrected chi connectivity index (χ4v) is 4.10. The second-order valence-corrected chi connectivity index (χ2v) is 9.36. The minimum Gasteiger partial charge on any atom is -0.493 e. The number of aliphatic hydroxyl groups excluding tert-OH is 1. The van der Waals surface area contributed by atoms with Gasteiger partial charge in [-0.1, -0.05) is 0 Å². The molecule has 40 heavy (non-hydrogen) atoms. The summed E-state index contributed by atoms with van der Waals surface area (Å²) < 4.78 is 59.5. The molecule has 3 aromatic rings. The highest BCUT2D eigenvalue weighted by molar-refractivity contribution is 5.95. The SMILES string of the molecule is COc1cc(C(=O)NCC(O)(c2cc3c(c(-c4ccc(=O)[nH]c4)n2)OCC3(C)N)C(F)(F)F)ccc1OCCO. The highest BCUT2D eigenvalue weighted by Gasteiger charge is 2.57. The first-order valence-corrected chi connectivity index (χ1v) is 12.0. The minimum atomic E-state index is -5.28. The van der Waals surface area contributed by atoms with E-state index in [1.165, 1.54) is 37.6 Å². The molecular formula is C26H27F3N4O7. The maximum absolute atomic E-state index is 14.5. The number of methoxy groups -OCH3 is 1. The van der Waals surface area contributed by atoms with Crippen LogP contribution >= 0.6 is 0 Å². The Morgan fingerprint density at radius 1 is 1.25 bits per heavy atom. The van der Waals surface area contributed by atoms with Crippen molar-refractivity contribution in [3.05, 3.63) is 69.8 Å². The molecule has 6 N–H and O–H groups in total. The Labute approximate surface area is 225 Å². The van der Waals surface area contributed by atoms with Gasteiger partial charge in [0.15, 0.2) is 17.2 Å². The number of rotatable bonds is 9. The van der Waals surface area contributed by atoms with E-state index in [0.29, 0.717) is 0 Å². The molecule has 0 saturated heterocycles. The number of ether oxygens (including phenoxy) is 3. The third kappa shape index (κ3) is 5.46. The molecule has 0 bridgehead atoms. The van der Waals surface area contributed by atoms with E-state index in [9.17, 15) is 27.9 Å². The molecule has 0 radical (unpaired) electrons. The second-order valence-electron chi connectivity index (χ2n) is 9.36. The Morgan fingerprint density at radius 2 is 2.00 bits per heavy atom. The summed E-state index contributed by atoms with van der Waals surface area (Å²) in [5, 5.41) is 22.1. The van der Waals surface area contributed by atoms with E-state index >= 15 is 0 Å². The summed E-state index contributed by atoms with van der Waals surface area (Å²) in [6, 6.07) is 7.41. The molecule has 14 heteroatoms. The van der Waals surface area contributed by atoms with Gasteiger partial charge in [-0.05, 0) is 37.3 Å². The molecule has 4 rings (SSSR count). The number of carbonyl (C=O) groups excluding carboxylic acids is 1. The van der Waals surface area contributed by atoms with Gasteiger partial charge in [0.1, 0.15) is 18.9 Å². The van der Waals surface area contributed by atoms with Crippen LogP contribution in [0.3, 0.4) is 0 Å². The number of aromatic amines is 1. The van der Waals surface area contributed by atoms with Crippen LogP contribution in [0.1, 0.15) is 28.5 Å². The molecule has 3 heterocycles.